The zero-order valence-corrected chi connectivity index (χ0v) is 14.7. The summed E-state index contributed by atoms with van der Waals surface area (Å²) in [5.74, 6) is 0.764. The van der Waals surface area contributed by atoms with Gasteiger partial charge in [-0.2, -0.15) is 4.57 Å². The van der Waals surface area contributed by atoms with Crippen molar-refractivity contribution in [3.05, 3.63) is 23.2 Å². The zero-order valence-electron chi connectivity index (χ0n) is 13.0. The van der Waals surface area contributed by atoms with Crippen LogP contribution in [0.3, 0.4) is 0 Å². The normalized spacial score (nSPS) is 13.5. The molecule has 0 radical (unpaired) electrons. The van der Waals surface area contributed by atoms with Crippen LogP contribution in [-0.4, -0.2) is 25.3 Å². The van der Waals surface area contributed by atoms with E-state index in [1.807, 2.05) is 32.0 Å². The molecule has 0 amide bonds. The van der Waals surface area contributed by atoms with Crippen LogP contribution in [0.5, 0.6) is 5.75 Å². The van der Waals surface area contributed by atoms with Crippen LogP contribution >= 0.6 is 11.3 Å². The highest BCUT2D eigenvalue weighted by atomic mass is 32.2. The number of hydrogen-bond acceptors (Lipinski definition) is 5. The number of thiazole rings is 1. The predicted molar refractivity (Wildman–Crippen MR) is 86.3 cm³/mol. The first-order valence-corrected chi connectivity index (χ1v) is 9.57. The minimum Gasteiger partial charge on any atom is -0.748 e. The van der Waals surface area contributed by atoms with Crippen LogP contribution in [0.2, 0.25) is 0 Å². The Bertz CT molecular complexity index is 752. The topological polar surface area (TPSA) is 70.3 Å². The number of benzene rings is 1. The van der Waals surface area contributed by atoms with Crippen LogP contribution in [0.4, 0.5) is 0 Å². The highest BCUT2D eigenvalue weighted by Crippen LogP contribution is 2.24. The van der Waals surface area contributed by atoms with Gasteiger partial charge in [-0.3, -0.25) is 0 Å². The first-order valence-electron chi connectivity index (χ1n) is 7.28. The third kappa shape index (κ3) is 3.77. The van der Waals surface area contributed by atoms with E-state index >= 15 is 0 Å². The van der Waals surface area contributed by atoms with E-state index in [0.717, 1.165) is 21.0 Å². The fourth-order valence-corrected chi connectivity index (χ4v) is 4.56. The molecule has 1 aromatic heterocycles. The third-order valence-corrected chi connectivity index (χ3v) is 6.16. The van der Waals surface area contributed by atoms with E-state index in [1.54, 1.807) is 18.4 Å². The molecule has 0 bridgehead atoms. The van der Waals surface area contributed by atoms with Gasteiger partial charge < -0.3 is 9.29 Å². The van der Waals surface area contributed by atoms with Gasteiger partial charge >= 0.3 is 0 Å². The smallest absolute Gasteiger partial charge is 0.235 e. The van der Waals surface area contributed by atoms with E-state index < -0.39 is 15.4 Å². The van der Waals surface area contributed by atoms with Crippen molar-refractivity contribution in [2.24, 2.45) is 0 Å². The third-order valence-electron chi connectivity index (χ3n) is 3.79. The lowest BCUT2D eigenvalue weighted by Gasteiger charge is -2.18. The second-order valence-corrected chi connectivity index (χ2v) is 8.19. The van der Waals surface area contributed by atoms with E-state index in [2.05, 4.69) is 4.57 Å². The molecule has 0 aliphatic rings. The van der Waals surface area contributed by atoms with Crippen LogP contribution in [0.15, 0.2) is 18.2 Å². The van der Waals surface area contributed by atoms with Gasteiger partial charge in [0.25, 0.3) is 0 Å². The first kappa shape index (κ1) is 17.2. The summed E-state index contributed by atoms with van der Waals surface area (Å²) in [4.78, 5) is 0. The Morgan fingerprint density at radius 2 is 2.09 bits per heavy atom. The Balaban J connectivity index is 2.28. The maximum absolute atomic E-state index is 11.3. The lowest BCUT2D eigenvalue weighted by Crippen LogP contribution is -2.38. The average Bonchev–Trinajstić information content (AvgIpc) is 2.77. The molecule has 0 fully saturated rings. The molecule has 1 aromatic carbocycles. The Labute approximate surface area is 135 Å². The van der Waals surface area contributed by atoms with Gasteiger partial charge in [0.1, 0.15) is 10.4 Å². The number of fused-ring (bicyclic) bond motifs is 1. The number of rotatable bonds is 7. The van der Waals surface area contributed by atoms with Crippen LogP contribution < -0.4 is 9.30 Å². The van der Waals surface area contributed by atoms with Crippen LogP contribution in [0.1, 0.15) is 31.2 Å². The summed E-state index contributed by atoms with van der Waals surface area (Å²) in [6.07, 6.45) is 1.44. The predicted octanol–water partition coefficient (Wildman–Crippen LogP) is 2.61. The largest absolute Gasteiger partial charge is 0.748 e. The quantitative estimate of drug-likeness (QED) is 0.572. The van der Waals surface area contributed by atoms with Crippen molar-refractivity contribution < 1.29 is 22.3 Å². The van der Waals surface area contributed by atoms with Gasteiger partial charge in [-0.05, 0) is 18.6 Å². The second-order valence-electron chi connectivity index (χ2n) is 5.30. The van der Waals surface area contributed by atoms with Crippen molar-refractivity contribution in [2.75, 3.05) is 7.11 Å². The summed E-state index contributed by atoms with van der Waals surface area (Å²) in [6.45, 7) is 4.41. The summed E-state index contributed by atoms with van der Waals surface area (Å²) in [6, 6.07) is 5.85. The van der Waals surface area contributed by atoms with Gasteiger partial charge in [0.05, 0.1) is 28.5 Å². The lowest BCUT2D eigenvalue weighted by atomic mass is 10.2. The molecule has 1 heterocycles. The highest BCUT2D eigenvalue weighted by Gasteiger charge is 2.22. The van der Waals surface area contributed by atoms with Gasteiger partial charge in [0.2, 0.25) is 10.5 Å². The number of aromatic nitrogens is 1. The Kier molecular flexibility index (Phi) is 5.41. The summed E-state index contributed by atoms with van der Waals surface area (Å²) in [5, 5.41) is 0.270. The minimum absolute atomic E-state index is 0.341. The Hall–Kier alpha value is -1.18. The molecule has 5 nitrogen and oxygen atoms in total. The van der Waals surface area contributed by atoms with Crippen molar-refractivity contribution in [1.29, 1.82) is 0 Å². The second kappa shape index (κ2) is 6.93. The number of aryl methyl sites for hydroxylation is 2. The summed E-state index contributed by atoms with van der Waals surface area (Å²) >= 11 is 1.65. The number of hydrogen-bond donors (Lipinski definition) is 0. The molecule has 1 atom stereocenters. The molecular weight excluding hydrogens is 322 g/mol. The molecule has 2 aromatic rings. The summed E-state index contributed by atoms with van der Waals surface area (Å²) < 4.78 is 42.5. The Morgan fingerprint density at radius 3 is 2.68 bits per heavy atom. The van der Waals surface area contributed by atoms with E-state index in [-0.39, 0.29) is 0 Å². The van der Waals surface area contributed by atoms with E-state index in [0.29, 0.717) is 25.8 Å². The fourth-order valence-electron chi connectivity index (χ4n) is 2.61. The van der Waals surface area contributed by atoms with Crippen molar-refractivity contribution in [3.63, 3.8) is 0 Å². The van der Waals surface area contributed by atoms with Crippen LogP contribution in [-0.2, 0) is 16.7 Å². The lowest BCUT2D eigenvalue weighted by molar-refractivity contribution is -0.673. The Morgan fingerprint density at radius 1 is 1.36 bits per heavy atom. The molecule has 122 valence electrons. The van der Waals surface area contributed by atoms with Gasteiger partial charge in [-0.25, -0.2) is 8.42 Å². The molecule has 0 spiro atoms. The minimum atomic E-state index is -4.24. The average molecular weight is 343 g/mol. The molecule has 0 N–H and O–H groups in total. The van der Waals surface area contributed by atoms with E-state index in [1.165, 1.54) is 0 Å². The molecule has 0 unspecified atom stereocenters. The molecule has 2 rings (SSSR count). The summed E-state index contributed by atoms with van der Waals surface area (Å²) in [7, 11) is -2.63. The SMILES string of the molecule is CCC[C@H](CC[n+]1c(C)sc2ccc(OC)cc21)S(=O)(=O)[O-]. The maximum Gasteiger partial charge on any atom is 0.235 e. The van der Waals surface area contributed by atoms with Gasteiger partial charge in [0.15, 0.2) is 6.54 Å². The van der Waals surface area contributed by atoms with Crippen molar-refractivity contribution in [3.8, 4) is 5.75 Å². The molecule has 0 aliphatic carbocycles. The van der Waals surface area contributed by atoms with Crippen molar-refractivity contribution >= 4 is 31.7 Å². The van der Waals surface area contributed by atoms with Crippen LogP contribution in [0.25, 0.3) is 10.2 Å². The molecule has 0 saturated carbocycles. The standard InChI is InChI=1S/C15H21NO4S2/c1-4-5-13(22(17,18)19)8-9-16-11(2)21-15-7-6-12(20-3)10-14(15)16/h6-7,10,13H,4-5,8-9H2,1-3H3/t13-/m1/s1. The molecular formula is C15H21NO4S2. The first-order chi connectivity index (χ1) is 10.4. The molecule has 0 aliphatic heterocycles. The van der Waals surface area contributed by atoms with Crippen LogP contribution in [0, 0.1) is 6.92 Å². The number of methoxy groups -OCH3 is 1. The van der Waals surface area contributed by atoms with E-state index in [9.17, 15) is 13.0 Å². The van der Waals surface area contributed by atoms with Gasteiger partial charge in [0, 0.05) is 13.3 Å². The van der Waals surface area contributed by atoms with Gasteiger partial charge in [-0.15, -0.1) is 0 Å². The zero-order chi connectivity index (χ0) is 16.3. The van der Waals surface area contributed by atoms with Gasteiger partial charge in [-0.1, -0.05) is 24.7 Å². The summed E-state index contributed by atoms with van der Waals surface area (Å²) in [5.41, 5.74) is 1.01. The van der Waals surface area contributed by atoms with Crippen molar-refractivity contribution in [2.45, 2.75) is 44.9 Å². The maximum atomic E-state index is 11.3. The fraction of sp³-hybridized carbons (Fsp3) is 0.533. The monoisotopic (exact) mass is 343 g/mol. The number of nitrogens with zero attached hydrogens (tertiary/aromatic N) is 1. The van der Waals surface area contributed by atoms with E-state index in [4.69, 9.17) is 4.74 Å². The number of ether oxygens (including phenoxy) is 1. The highest BCUT2D eigenvalue weighted by molar-refractivity contribution is 7.86. The van der Waals surface area contributed by atoms with Crippen molar-refractivity contribution in [1.82, 2.24) is 0 Å². The molecule has 7 heteroatoms. The molecule has 22 heavy (non-hydrogen) atoms. The molecule has 0 saturated heterocycles.